The number of fused-ring (bicyclic) bond motifs is 1. The van der Waals surface area contributed by atoms with Crippen molar-refractivity contribution in [2.24, 2.45) is 0 Å². The van der Waals surface area contributed by atoms with Gasteiger partial charge >= 0.3 is 0 Å². The lowest BCUT2D eigenvalue weighted by Gasteiger charge is -2.31. The lowest BCUT2D eigenvalue weighted by atomic mass is 9.81. The Hall–Kier alpha value is -1.07. The number of anilines is 1. The van der Waals surface area contributed by atoms with Gasteiger partial charge in [0.1, 0.15) is 0 Å². The summed E-state index contributed by atoms with van der Waals surface area (Å²) in [6, 6.07) is 8.56. The summed E-state index contributed by atoms with van der Waals surface area (Å²) in [6.07, 6.45) is 0.438. The Kier molecular flexibility index (Phi) is 3.62. The maximum Gasteiger partial charge on any atom is 0.264 e. The van der Waals surface area contributed by atoms with E-state index in [1.54, 1.807) is 0 Å². The molecule has 1 aliphatic rings. The van der Waals surface area contributed by atoms with Crippen molar-refractivity contribution in [3.63, 3.8) is 0 Å². The van der Waals surface area contributed by atoms with Crippen LogP contribution in [-0.4, -0.2) is 31.3 Å². The molecule has 1 N–H and O–H groups in total. The maximum atomic E-state index is 10.8. The van der Waals surface area contributed by atoms with Crippen LogP contribution in [0.3, 0.4) is 0 Å². The second-order valence-electron chi connectivity index (χ2n) is 5.75. The highest BCUT2D eigenvalue weighted by atomic mass is 32.2. The summed E-state index contributed by atoms with van der Waals surface area (Å²) >= 11 is 0. The fourth-order valence-corrected chi connectivity index (χ4v) is 3.32. The molecule has 0 saturated heterocycles. The van der Waals surface area contributed by atoms with Crippen molar-refractivity contribution < 1.29 is 13.0 Å². The predicted molar refractivity (Wildman–Crippen MR) is 77.3 cm³/mol. The van der Waals surface area contributed by atoms with E-state index in [1.807, 2.05) is 12.1 Å². The first-order valence-corrected chi connectivity index (χ1v) is 8.16. The summed E-state index contributed by atoms with van der Waals surface area (Å²) in [5.74, 6) is -0.182. The van der Waals surface area contributed by atoms with Crippen LogP contribution in [0.1, 0.15) is 32.8 Å². The highest BCUT2D eigenvalue weighted by Gasteiger charge is 2.41. The highest BCUT2D eigenvalue weighted by molar-refractivity contribution is 7.85. The van der Waals surface area contributed by atoms with Gasteiger partial charge in [0.15, 0.2) is 0 Å². The fraction of sp³-hybridized carbons (Fsp3) is 0.571. The smallest absolute Gasteiger partial charge is 0.264 e. The Morgan fingerprint density at radius 2 is 1.95 bits per heavy atom. The second-order valence-corrected chi connectivity index (χ2v) is 7.32. The molecule has 0 radical (unpaired) electrons. The first-order chi connectivity index (χ1) is 8.73. The summed E-state index contributed by atoms with van der Waals surface area (Å²) in [7, 11) is -3.87. The molecule has 0 bridgehead atoms. The third-order valence-electron chi connectivity index (χ3n) is 4.22. The first kappa shape index (κ1) is 14.3. The van der Waals surface area contributed by atoms with Gasteiger partial charge in [-0.25, -0.2) is 0 Å². The van der Waals surface area contributed by atoms with Crippen LogP contribution >= 0.6 is 0 Å². The van der Waals surface area contributed by atoms with E-state index in [2.05, 4.69) is 37.8 Å². The Morgan fingerprint density at radius 3 is 2.58 bits per heavy atom. The molecule has 0 fully saturated rings. The molecule has 4 nitrogen and oxygen atoms in total. The van der Waals surface area contributed by atoms with Crippen molar-refractivity contribution in [3.05, 3.63) is 29.8 Å². The van der Waals surface area contributed by atoms with Gasteiger partial charge in [0, 0.05) is 23.7 Å². The molecule has 1 aromatic rings. The monoisotopic (exact) mass is 283 g/mol. The summed E-state index contributed by atoms with van der Waals surface area (Å²) < 4.78 is 30.4. The van der Waals surface area contributed by atoms with Gasteiger partial charge in [-0.3, -0.25) is 4.55 Å². The molecule has 19 heavy (non-hydrogen) atoms. The molecule has 0 aliphatic carbocycles. The number of hydrogen-bond donors (Lipinski definition) is 1. The van der Waals surface area contributed by atoms with E-state index in [0.29, 0.717) is 19.0 Å². The molecule has 1 heterocycles. The van der Waals surface area contributed by atoms with Crippen molar-refractivity contribution >= 4 is 15.8 Å². The Morgan fingerprint density at radius 1 is 1.32 bits per heavy atom. The third kappa shape index (κ3) is 2.77. The van der Waals surface area contributed by atoms with E-state index in [1.165, 1.54) is 11.3 Å². The second kappa shape index (κ2) is 4.80. The van der Waals surface area contributed by atoms with Crippen LogP contribution in [0.4, 0.5) is 5.69 Å². The Balaban J connectivity index is 2.18. The molecule has 1 aliphatic heterocycles. The molecular weight excluding hydrogens is 262 g/mol. The summed E-state index contributed by atoms with van der Waals surface area (Å²) in [6.45, 7) is 7.22. The van der Waals surface area contributed by atoms with E-state index in [-0.39, 0.29) is 11.2 Å². The zero-order chi connectivity index (χ0) is 14.3. The topological polar surface area (TPSA) is 57.6 Å². The van der Waals surface area contributed by atoms with Crippen molar-refractivity contribution in [3.8, 4) is 0 Å². The van der Waals surface area contributed by atoms with E-state index in [4.69, 9.17) is 4.55 Å². The lowest BCUT2D eigenvalue weighted by Crippen LogP contribution is -2.39. The Bertz CT molecular complexity index is 566. The van der Waals surface area contributed by atoms with Gasteiger partial charge in [-0.05, 0) is 25.0 Å². The van der Waals surface area contributed by atoms with Crippen molar-refractivity contribution in [1.82, 2.24) is 0 Å². The summed E-state index contributed by atoms with van der Waals surface area (Å²) in [5, 5.41) is 0. The summed E-state index contributed by atoms with van der Waals surface area (Å²) in [5.41, 5.74) is 2.53. The number of para-hydroxylation sites is 1. The number of rotatable bonds is 4. The summed E-state index contributed by atoms with van der Waals surface area (Å²) in [4.78, 5) is 2.24. The molecular formula is C14H21NO3S. The number of benzene rings is 1. The molecule has 5 heteroatoms. The van der Waals surface area contributed by atoms with Crippen LogP contribution in [0.2, 0.25) is 0 Å². The van der Waals surface area contributed by atoms with Crippen LogP contribution in [0, 0.1) is 0 Å². The molecule has 0 amide bonds. The normalized spacial score (nSPS) is 21.5. The van der Waals surface area contributed by atoms with Gasteiger partial charge in [-0.1, -0.05) is 32.0 Å². The molecule has 0 aromatic heterocycles. The number of hydrogen-bond acceptors (Lipinski definition) is 3. The zero-order valence-electron chi connectivity index (χ0n) is 11.6. The molecule has 1 aromatic carbocycles. The van der Waals surface area contributed by atoms with Crippen LogP contribution in [0.15, 0.2) is 24.3 Å². The van der Waals surface area contributed by atoms with Gasteiger partial charge in [0.25, 0.3) is 10.1 Å². The average Bonchev–Trinajstić information content (AvgIpc) is 2.50. The van der Waals surface area contributed by atoms with Crippen molar-refractivity contribution in [1.29, 1.82) is 0 Å². The molecule has 106 valence electrons. The maximum absolute atomic E-state index is 10.8. The third-order valence-corrected chi connectivity index (χ3v) is 5.03. The van der Waals surface area contributed by atoms with Crippen LogP contribution in [0.5, 0.6) is 0 Å². The van der Waals surface area contributed by atoms with Crippen LogP contribution in [0.25, 0.3) is 0 Å². The van der Waals surface area contributed by atoms with Gasteiger partial charge in [-0.2, -0.15) is 8.42 Å². The minimum Gasteiger partial charge on any atom is -0.368 e. The zero-order valence-corrected chi connectivity index (χ0v) is 12.4. The van der Waals surface area contributed by atoms with Gasteiger partial charge in [-0.15, -0.1) is 0 Å². The van der Waals surface area contributed by atoms with Crippen molar-refractivity contribution in [2.75, 3.05) is 17.2 Å². The van der Waals surface area contributed by atoms with Gasteiger partial charge in [0.05, 0.1) is 5.75 Å². The van der Waals surface area contributed by atoms with Crippen LogP contribution in [-0.2, 0) is 15.5 Å². The SMILES string of the molecule is CC1N(CCCS(=O)(=O)O)c2ccccc2C1(C)C. The molecule has 0 spiro atoms. The number of nitrogens with zero attached hydrogens (tertiary/aromatic N) is 1. The quantitative estimate of drug-likeness (QED) is 0.862. The lowest BCUT2D eigenvalue weighted by molar-refractivity contribution is 0.439. The van der Waals surface area contributed by atoms with Crippen LogP contribution < -0.4 is 4.90 Å². The Labute approximate surface area is 115 Å². The molecule has 1 atom stereocenters. The standard InChI is InChI=1S/C14H21NO3S/c1-11-14(2,3)12-7-4-5-8-13(12)15(11)9-6-10-19(16,17)18/h4-5,7-8,11H,6,9-10H2,1-3H3,(H,16,17,18). The first-order valence-electron chi connectivity index (χ1n) is 6.55. The van der Waals surface area contributed by atoms with Crippen molar-refractivity contribution in [2.45, 2.75) is 38.6 Å². The van der Waals surface area contributed by atoms with E-state index >= 15 is 0 Å². The molecule has 1 unspecified atom stereocenters. The minimum absolute atomic E-state index is 0.0503. The van der Waals surface area contributed by atoms with E-state index in [0.717, 1.165) is 0 Å². The average molecular weight is 283 g/mol. The van der Waals surface area contributed by atoms with E-state index in [9.17, 15) is 8.42 Å². The fourth-order valence-electron chi connectivity index (χ4n) is 2.82. The van der Waals surface area contributed by atoms with Gasteiger partial charge in [0.2, 0.25) is 0 Å². The molecule has 0 saturated carbocycles. The minimum atomic E-state index is -3.87. The molecule has 2 rings (SSSR count). The predicted octanol–water partition coefficient (Wildman–Crippen LogP) is 2.45. The van der Waals surface area contributed by atoms with E-state index < -0.39 is 10.1 Å². The van der Waals surface area contributed by atoms with Gasteiger partial charge < -0.3 is 4.90 Å². The largest absolute Gasteiger partial charge is 0.368 e. The highest BCUT2D eigenvalue weighted by Crippen LogP contribution is 2.44.